The van der Waals surface area contributed by atoms with Crippen LogP contribution in [0.15, 0.2) is 72.8 Å². The van der Waals surface area contributed by atoms with Crippen LogP contribution >= 0.6 is 0 Å². The van der Waals surface area contributed by atoms with Crippen LogP contribution in [0.5, 0.6) is 34.5 Å². The third-order valence-electron chi connectivity index (χ3n) is 4.46. The van der Waals surface area contributed by atoms with Crippen LogP contribution in [-0.4, -0.2) is 13.1 Å². The molecule has 3 aliphatic heterocycles. The van der Waals surface area contributed by atoms with Gasteiger partial charge in [-0.15, -0.1) is 0 Å². The minimum atomic E-state index is -6.33. The van der Waals surface area contributed by atoms with Gasteiger partial charge in [0.2, 0.25) is 0 Å². The van der Waals surface area contributed by atoms with E-state index in [1.54, 1.807) is 36.4 Å². The summed E-state index contributed by atoms with van der Waals surface area (Å²) in [5, 5.41) is 0. The zero-order valence-corrected chi connectivity index (χ0v) is 15.0. The van der Waals surface area contributed by atoms with Crippen molar-refractivity contribution in [1.82, 2.24) is 0 Å². The first-order chi connectivity index (χ1) is 12.1. The van der Waals surface area contributed by atoms with E-state index in [0.717, 1.165) is 0 Å². The van der Waals surface area contributed by atoms with Gasteiger partial charge in [-0.2, -0.15) is 0 Å². The van der Waals surface area contributed by atoms with Crippen molar-refractivity contribution in [2.75, 3.05) is 0 Å². The predicted molar refractivity (Wildman–Crippen MR) is 88.8 cm³/mol. The van der Waals surface area contributed by atoms with Gasteiger partial charge in [-0.1, -0.05) is 0 Å². The molecule has 6 rings (SSSR count). The van der Waals surface area contributed by atoms with E-state index < -0.39 is 13.1 Å². The van der Waals surface area contributed by atoms with Crippen LogP contribution in [0, 0.1) is 0 Å². The second-order valence-electron chi connectivity index (χ2n) is 6.20. The van der Waals surface area contributed by atoms with E-state index in [4.69, 9.17) is 22.6 Å². The summed E-state index contributed by atoms with van der Waals surface area (Å²) < 4.78 is 37.4. The van der Waals surface area contributed by atoms with Gasteiger partial charge in [0.05, 0.1) is 0 Å². The maximum atomic E-state index is 6.23. The van der Waals surface area contributed by atoms with Crippen molar-refractivity contribution in [3.63, 3.8) is 0 Å². The average Bonchev–Trinajstić information content (AvgIpc) is 3.18. The molecule has 0 bridgehead atoms. The van der Waals surface area contributed by atoms with Gasteiger partial charge >= 0.3 is 143 Å². The van der Waals surface area contributed by atoms with Crippen molar-refractivity contribution < 1.29 is 22.6 Å². The summed E-state index contributed by atoms with van der Waals surface area (Å²) in [5.74, 6) is 2.71. The molecular formula is C18H12GeO6-2. The summed E-state index contributed by atoms with van der Waals surface area (Å²) in [6.07, 6.45) is 0. The van der Waals surface area contributed by atoms with Crippen LogP contribution in [0.3, 0.4) is 0 Å². The Kier molecular flexibility index (Phi) is 1.94. The standard InChI is InChI=1S/C18H12GeO6/c1-2-8-14-13(7-1)20-19(21-14,22-15-9-3-4-10-16(15)23-19)24-17-11-5-6-12-18(17)25-19/h1-12H/q-2. The van der Waals surface area contributed by atoms with Crippen LogP contribution < -0.4 is 22.6 Å². The molecule has 0 amide bonds. The summed E-state index contributed by atoms with van der Waals surface area (Å²) in [7, 11) is 0. The van der Waals surface area contributed by atoms with Crippen molar-refractivity contribution in [1.29, 1.82) is 0 Å². The fraction of sp³-hybridized carbons (Fsp3) is 0. The second kappa shape index (κ2) is 3.65. The zero-order chi connectivity index (χ0) is 16.6. The van der Waals surface area contributed by atoms with Crippen LogP contribution in [-0.2, 0) is 0 Å². The number of hydrogen-bond donors (Lipinski definition) is 0. The number of benzene rings is 3. The van der Waals surface area contributed by atoms with E-state index in [1.165, 1.54) is 0 Å². The van der Waals surface area contributed by atoms with Crippen molar-refractivity contribution >= 4 is 13.1 Å². The topological polar surface area (TPSA) is 55.4 Å². The van der Waals surface area contributed by atoms with Crippen molar-refractivity contribution in [3.05, 3.63) is 72.8 Å². The van der Waals surface area contributed by atoms with Crippen LogP contribution in [0.1, 0.15) is 0 Å². The van der Waals surface area contributed by atoms with Gasteiger partial charge in [0.25, 0.3) is 0 Å². The number of para-hydroxylation sites is 6. The SMILES string of the molecule is c1ccc2c(c1)[O][Ge-2]13([O]2)([O]c2ccccc2[O]1)[O]c1ccccc1[O]3. The maximum absolute atomic E-state index is 6.33. The predicted octanol–water partition coefficient (Wildman–Crippen LogP) is 3.74. The third kappa shape index (κ3) is 1.46. The monoisotopic (exact) mass is 398 g/mol. The number of rotatable bonds is 0. The molecule has 3 aliphatic rings. The van der Waals surface area contributed by atoms with Gasteiger partial charge in [-0.25, -0.2) is 0 Å². The quantitative estimate of drug-likeness (QED) is 0.539. The molecule has 0 radical (unpaired) electrons. The van der Waals surface area contributed by atoms with Crippen molar-refractivity contribution in [2.45, 2.75) is 0 Å². The van der Waals surface area contributed by atoms with E-state index in [0.29, 0.717) is 34.5 Å². The van der Waals surface area contributed by atoms with Gasteiger partial charge in [-0.3, -0.25) is 0 Å². The number of fused-ring (bicyclic) bond motifs is 3. The van der Waals surface area contributed by atoms with E-state index >= 15 is 0 Å². The van der Waals surface area contributed by atoms with Crippen LogP contribution in [0.2, 0.25) is 0 Å². The Morgan fingerprint density at radius 1 is 0.360 bits per heavy atom. The Balaban J connectivity index is 1.64. The van der Waals surface area contributed by atoms with Crippen LogP contribution in [0.25, 0.3) is 0 Å². The van der Waals surface area contributed by atoms with E-state index in [-0.39, 0.29) is 0 Å². The first-order valence-electron chi connectivity index (χ1n) is 7.93. The van der Waals surface area contributed by atoms with Crippen molar-refractivity contribution in [2.24, 2.45) is 0 Å². The number of hydrogen-bond acceptors (Lipinski definition) is 6. The normalized spacial score (nSPS) is 23.5. The van der Waals surface area contributed by atoms with Gasteiger partial charge in [0, 0.05) is 0 Å². The molecule has 25 heavy (non-hydrogen) atoms. The fourth-order valence-corrected chi connectivity index (χ4v) is 12.6. The molecule has 1 spiro atoms. The Morgan fingerprint density at radius 2 is 0.560 bits per heavy atom. The van der Waals surface area contributed by atoms with E-state index in [2.05, 4.69) is 0 Å². The Bertz CT molecular complexity index is 846. The molecular weight excluding hydrogens is 385 g/mol. The molecule has 7 heteroatoms. The third-order valence-corrected chi connectivity index (χ3v) is 12.5. The summed E-state index contributed by atoms with van der Waals surface area (Å²) in [6, 6.07) is 21.6. The van der Waals surface area contributed by atoms with E-state index in [9.17, 15) is 0 Å². The Hall–Kier alpha value is -3.00. The van der Waals surface area contributed by atoms with Crippen LogP contribution in [0.4, 0.5) is 0 Å². The molecule has 0 atom stereocenters. The molecule has 0 aliphatic carbocycles. The van der Waals surface area contributed by atoms with Gasteiger partial charge in [0.15, 0.2) is 0 Å². The van der Waals surface area contributed by atoms with Crippen molar-refractivity contribution in [3.8, 4) is 34.5 Å². The molecule has 3 aromatic carbocycles. The second-order valence-corrected chi connectivity index (χ2v) is 14.0. The first kappa shape index (κ1) is 13.3. The molecule has 126 valence electrons. The molecule has 0 fully saturated rings. The molecule has 0 saturated carbocycles. The zero-order valence-electron chi connectivity index (χ0n) is 12.9. The summed E-state index contributed by atoms with van der Waals surface area (Å²) in [5.41, 5.74) is 0. The van der Waals surface area contributed by atoms with Gasteiger partial charge in [0.1, 0.15) is 0 Å². The molecule has 0 unspecified atom stereocenters. The summed E-state index contributed by atoms with van der Waals surface area (Å²) in [6.45, 7) is 0. The molecule has 6 nitrogen and oxygen atoms in total. The molecule has 3 aromatic rings. The summed E-state index contributed by atoms with van der Waals surface area (Å²) in [4.78, 5) is 0. The molecule has 3 heterocycles. The average molecular weight is 397 g/mol. The fourth-order valence-electron chi connectivity index (χ4n) is 3.52. The van der Waals surface area contributed by atoms with Gasteiger partial charge < -0.3 is 0 Å². The molecule has 0 saturated heterocycles. The Labute approximate surface area is 143 Å². The van der Waals surface area contributed by atoms with Gasteiger partial charge in [-0.05, 0) is 0 Å². The molecule has 0 N–H and O–H groups in total. The first-order valence-corrected chi connectivity index (χ1v) is 13.1. The minimum absolute atomic E-state index is 0.452. The van der Waals surface area contributed by atoms with E-state index in [1.807, 2.05) is 36.4 Å². The molecule has 0 aromatic heterocycles. The summed E-state index contributed by atoms with van der Waals surface area (Å²) >= 11 is -6.33. The Morgan fingerprint density at radius 3 is 0.760 bits per heavy atom.